The van der Waals surface area contributed by atoms with Crippen LogP contribution < -0.4 is 0 Å². The molecule has 0 radical (unpaired) electrons. The van der Waals surface area contributed by atoms with Crippen LogP contribution in [0.15, 0.2) is 0 Å². The Morgan fingerprint density at radius 1 is 1.33 bits per heavy atom. The Morgan fingerprint density at radius 2 is 2.00 bits per heavy atom. The van der Waals surface area contributed by atoms with E-state index in [9.17, 15) is 4.79 Å². The Kier molecular flexibility index (Phi) is 7.06. The molecule has 0 rings (SSSR count). The van der Waals surface area contributed by atoms with Gasteiger partial charge in [0.25, 0.3) is 0 Å². The predicted molar refractivity (Wildman–Crippen MR) is 50.2 cm³/mol. The summed E-state index contributed by atoms with van der Waals surface area (Å²) in [7, 11) is 1.74. The van der Waals surface area contributed by atoms with Crippen LogP contribution in [0.2, 0.25) is 0 Å². The fraction of sp³-hybridized carbons (Fsp3) is 0.900. The maximum Gasteiger partial charge on any atom is 0.122 e. The second kappa shape index (κ2) is 7.29. The predicted octanol–water partition coefficient (Wildman–Crippen LogP) is 2.42. The van der Waals surface area contributed by atoms with Gasteiger partial charge in [-0.25, -0.2) is 0 Å². The molecule has 0 heterocycles. The lowest BCUT2D eigenvalue weighted by atomic mass is 10.0. The third-order valence-electron chi connectivity index (χ3n) is 2.12. The zero-order valence-corrected chi connectivity index (χ0v) is 8.38. The Balaban J connectivity index is 3.49. The number of hydrogen-bond acceptors (Lipinski definition) is 2. The first kappa shape index (κ1) is 11.6. The highest BCUT2D eigenvalue weighted by Crippen LogP contribution is 2.12. The van der Waals surface area contributed by atoms with Gasteiger partial charge in [0, 0.05) is 13.0 Å². The molecule has 0 amide bonds. The molecule has 0 bridgehead atoms. The summed E-state index contributed by atoms with van der Waals surface area (Å²) < 4.78 is 5.27. The minimum atomic E-state index is 0.180. The highest BCUT2D eigenvalue weighted by atomic mass is 16.5. The molecule has 0 saturated carbocycles. The maximum atomic E-state index is 10.3. The minimum absolute atomic E-state index is 0.180. The monoisotopic (exact) mass is 172 g/mol. The molecule has 2 heteroatoms. The van der Waals surface area contributed by atoms with Crippen molar-refractivity contribution < 1.29 is 9.53 Å². The number of carbonyl (C=O) groups excluding carboxylic acids is 1. The van der Waals surface area contributed by atoms with Crippen molar-refractivity contribution in [1.82, 2.24) is 0 Å². The van der Waals surface area contributed by atoms with Crippen LogP contribution >= 0.6 is 0 Å². The van der Waals surface area contributed by atoms with E-state index < -0.39 is 0 Å². The Hall–Kier alpha value is -0.370. The maximum absolute atomic E-state index is 10.3. The van der Waals surface area contributed by atoms with E-state index in [2.05, 4.69) is 6.92 Å². The van der Waals surface area contributed by atoms with E-state index in [1.54, 1.807) is 7.11 Å². The van der Waals surface area contributed by atoms with Gasteiger partial charge in [0.05, 0.1) is 6.10 Å². The molecule has 2 atom stereocenters. The molecular formula is C10H20O2. The number of aldehydes is 1. The first-order valence-corrected chi connectivity index (χ1v) is 4.72. The molecule has 0 aliphatic carbocycles. The molecule has 0 aromatic carbocycles. The molecule has 12 heavy (non-hydrogen) atoms. The van der Waals surface area contributed by atoms with Gasteiger partial charge in [0.1, 0.15) is 6.29 Å². The fourth-order valence-corrected chi connectivity index (χ4v) is 1.22. The van der Waals surface area contributed by atoms with Crippen LogP contribution in [0.4, 0.5) is 0 Å². The van der Waals surface area contributed by atoms with Crippen molar-refractivity contribution in [3.63, 3.8) is 0 Å². The summed E-state index contributed by atoms with van der Waals surface area (Å²) in [6.45, 7) is 4.10. The van der Waals surface area contributed by atoms with Gasteiger partial charge in [-0.3, -0.25) is 0 Å². The number of methoxy groups -OCH3 is 1. The molecule has 0 unspecified atom stereocenters. The second-order valence-electron chi connectivity index (χ2n) is 3.34. The van der Waals surface area contributed by atoms with Gasteiger partial charge in [0.2, 0.25) is 0 Å². The third-order valence-corrected chi connectivity index (χ3v) is 2.12. The van der Waals surface area contributed by atoms with E-state index >= 15 is 0 Å². The van der Waals surface area contributed by atoms with Gasteiger partial charge >= 0.3 is 0 Å². The van der Waals surface area contributed by atoms with Gasteiger partial charge in [-0.05, 0) is 19.3 Å². The van der Waals surface area contributed by atoms with Gasteiger partial charge in [-0.2, -0.15) is 0 Å². The van der Waals surface area contributed by atoms with E-state index in [4.69, 9.17) is 4.74 Å². The van der Waals surface area contributed by atoms with E-state index in [1.807, 2.05) is 6.92 Å². The van der Waals surface area contributed by atoms with Gasteiger partial charge in [0.15, 0.2) is 0 Å². The van der Waals surface area contributed by atoms with E-state index in [1.165, 1.54) is 0 Å². The summed E-state index contributed by atoms with van der Waals surface area (Å²) in [5, 5.41) is 0. The lowest BCUT2D eigenvalue weighted by Crippen LogP contribution is -2.12. The molecule has 0 aliphatic rings. The van der Waals surface area contributed by atoms with Crippen LogP contribution in [0.1, 0.15) is 39.5 Å². The normalized spacial score (nSPS) is 15.6. The highest BCUT2D eigenvalue weighted by Gasteiger charge is 2.08. The number of hydrogen-bond donors (Lipinski definition) is 0. The number of rotatable bonds is 7. The Morgan fingerprint density at radius 3 is 2.42 bits per heavy atom. The lowest BCUT2D eigenvalue weighted by molar-refractivity contribution is -0.111. The largest absolute Gasteiger partial charge is 0.381 e. The Labute approximate surface area is 75.3 Å². The van der Waals surface area contributed by atoms with Crippen LogP contribution in [0.3, 0.4) is 0 Å². The Bertz CT molecular complexity index is 112. The van der Waals surface area contributed by atoms with Crippen molar-refractivity contribution in [1.29, 1.82) is 0 Å². The molecule has 0 aromatic heterocycles. The van der Waals surface area contributed by atoms with Crippen LogP contribution in [0, 0.1) is 5.92 Å². The summed E-state index contributed by atoms with van der Waals surface area (Å²) in [6.07, 6.45) is 5.55. The molecule has 0 saturated heterocycles. The van der Waals surface area contributed by atoms with Crippen molar-refractivity contribution in [2.24, 2.45) is 5.92 Å². The second-order valence-corrected chi connectivity index (χ2v) is 3.34. The quantitative estimate of drug-likeness (QED) is 0.551. The van der Waals surface area contributed by atoms with E-state index in [-0.39, 0.29) is 5.92 Å². The fourth-order valence-electron chi connectivity index (χ4n) is 1.22. The molecule has 0 N–H and O–H groups in total. The van der Waals surface area contributed by atoms with Crippen molar-refractivity contribution in [2.75, 3.05) is 7.11 Å². The lowest BCUT2D eigenvalue weighted by Gasteiger charge is -2.14. The van der Waals surface area contributed by atoms with Crippen LogP contribution in [-0.2, 0) is 9.53 Å². The first-order valence-electron chi connectivity index (χ1n) is 4.72. The average Bonchev–Trinajstić information content (AvgIpc) is 2.11. The summed E-state index contributed by atoms with van der Waals surface area (Å²) in [5.74, 6) is 0.180. The van der Waals surface area contributed by atoms with Gasteiger partial charge in [-0.15, -0.1) is 0 Å². The molecule has 0 aliphatic heterocycles. The summed E-state index contributed by atoms with van der Waals surface area (Å²) in [4.78, 5) is 10.3. The van der Waals surface area contributed by atoms with E-state index in [0.717, 1.165) is 32.0 Å². The van der Waals surface area contributed by atoms with Crippen molar-refractivity contribution >= 4 is 6.29 Å². The van der Waals surface area contributed by atoms with E-state index in [0.29, 0.717) is 6.10 Å². The average molecular weight is 172 g/mol. The van der Waals surface area contributed by atoms with Crippen molar-refractivity contribution in [2.45, 2.75) is 45.6 Å². The van der Waals surface area contributed by atoms with Gasteiger partial charge in [-0.1, -0.05) is 20.3 Å². The van der Waals surface area contributed by atoms with Crippen LogP contribution in [0.25, 0.3) is 0 Å². The topological polar surface area (TPSA) is 26.3 Å². The first-order chi connectivity index (χ1) is 5.74. The summed E-state index contributed by atoms with van der Waals surface area (Å²) >= 11 is 0. The molecular weight excluding hydrogens is 152 g/mol. The molecule has 2 nitrogen and oxygen atoms in total. The summed E-state index contributed by atoms with van der Waals surface area (Å²) in [5.41, 5.74) is 0. The highest BCUT2D eigenvalue weighted by molar-refractivity contribution is 5.52. The minimum Gasteiger partial charge on any atom is -0.381 e. The molecule has 72 valence electrons. The van der Waals surface area contributed by atoms with Crippen molar-refractivity contribution in [3.05, 3.63) is 0 Å². The smallest absolute Gasteiger partial charge is 0.122 e. The zero-order chi connectivity index (χ0) is 9.40. The third kappa shape index (κ3) is 5.30. The van der Waals surface area contributed by atoms with Crippen molar-refractivity contribution in [3.8, 4) is 0 Å². The SMILES string of the molecule is CCC[C@@H](CC[C@H](C)C=O)OC. The summed E-state index contributed by atoms with van der Waals surface area (Å²) in [6, 6.07) is 0. The molecule has 0 fully saturated rings. The molecule has 0 spiro atoms. The number of ether oxygens (including phenoxy) is 1. The number of carbonyl (C=O) groups is 1. The molecule has 0 aromatic rings. The zero-order valence-electron chi connectivity index (χ0n) is 8.38. The van der Waals surface area contributed by atoms with Crippen LogP contribution in [-0.4, -0.2) is 19.5 Å². The van der Waals surface area contributed by atoms with Gasteiger partial charge < -0.3 is 9.53 Å². The standard InChI is InChI=1S/C10H20O2/c1-4-5-10(12-3)7-6-9(2)8-11/h8-10H,4-7H2,1-3H3/t9-,10-/m0/s1. The van der Waals surface area contributed by atoms with Crippen LogP contribution in [0.5, 0.6) is 0 Å².